The summed E-state index contributed by atoms with van der Waals surface area (Å²) in [5.74, 6) is -0.365. The van der Waals surface area contributed by atoms with Crippen LogP contribution in [-0.2, 0) is 26.2 Å². The number of hydrogen-bond donors (Lipinski definition) is 1. The normalized spacial score (nSPS) is 14.7. The SMILES string of the molecule is COc1cccc(N(CCCC(=O)N(Cc2ccc(F)cc2)[C@H](C)C(=O)NC2CCCC2)S(C)(=O)=O)c1. The summed E-state index contributed by atoms with van der Waals surface area (Å²) in [7, 11) is -2.10. The van der Waals surface area contributed by atoms with Crippen molar-refractivity contribution in [2.75, 3.05) is 24.2 Å². The van der Waals surface area contributed by atoms with Crippen LogP contribution in [0.5, 0.6) is 5.75 Å². The lowest BCUT2D eigenvalue weighted by Crippen LogP contribution is -2.49. The summed E-state index contributed by atoms with van der Waals surface area (Å²) in [6.07, 6.45) is 5.40. The van der Waals surface area contributed by atoms with Gasteiger partial charge in [-0.15, -0.1) is 0 Å². The van der Waals surface area contributed by atoms with Gasteiger partial charge in [-0.3, -0.25) is 13.9 Å². The van der Waals surface area contributed by atoms with Crippen molar-refractivity contribution in [2.24, 2.45) is 0 Å². The Bertz CT molecular complexity index is 1170. The molecule has 0 unspecified atom stereocenters. The molecule has 0 bridgehead atoms. The largest absolute Gasteiger partial charge is 0.497 e. The van der Waals surface area contributed by atoms with Crippen molar-refractivity contribution in [1.82, 2.24) is 10.2 Å². The number of benzene rings is 2. The molecule has 0 spiro atoms. The fourth-order valence-electron chi connectivity index (χ4n) is 4.53. The molecule has 3 rings (SSSR count). The molecule has 1 fully saturated rings. The van der Waals surface area contributed by atoms with Gasteiger partial charge >= 0.3 is 0 Å². The quantitative estimate of drug-likeness (QED) is 0.447. The average Bonchev–Trinajstić information content (AvgIpc) is 3.38. The van der Waals surface area contributed by atoms with E-state index >= 15 is 0 Å². The summed E-state index contributed by atoms with van der Waals surface area (Å²) in [6, 6.07) is 11.9. The third-order valence-electron chi connectivity index (χ3n) is 6.63. The summed E-state index contributed by atoms with van der Waals surface area (Å²) < 4.78 is 44.8. The zero-order chi connectivity index (χ0) is 27.0. The van der Waals surface area contributed by atoms with E-state index in [4.69, 9.17) is 4.74 Å². The van der Waals surface area contributed by atoms with Crippen molar-refractivity contribution >= 4 is 27.5 Å². The van der Waals surface area contributed by atoms with Crippen molar-refractivity contribution in [3.8, 4) is 5.75 Å². The minimum absolute atomic E-state index is 0.0399. The number of anilines is 1. The van der Waals surface area contributed by atoms with Crippen molar-refractivity contribution in [3.63, 3.8) is 0 Å². The highest BCUT2D eigenvalue weighted by atomic mass is 32.2. The van der Waals surface area contributed by atoms with Gasteiger partial charge < -0.3 is 15.0 Å². The molecule has 2 aromatic carbocycles. The van der Waals surface area contributed by atoms with Gasteiger partial charge in [-0.05, 0) is 56.0 Å². The molecule has 1 saturated carbocycles. The molecule has 37 heavy (non-hydrogen) atoms. The van der Waals surface area contributed by atoms with Crippen LogP contribution in [0.2, 0.25) is 0 Å². The van der Waals surface area contributed by atoms with Crippen LogP contribution < -0.4 is 14.4 Å². The second-order valence-corrected chi connectivity index (χ2v) is 11.4. The molecule has 2 aromatic rings. The first-order valence-corrected chi connectivity index (χ1v) is 14.4. The van der Waals surface area contributed by atoms with Gasteiger partial charge in [-0.2, -0.15) is 0 Å². The molecule has 1 atom stereocenters. The first-order chi connectivity index (χ1) is 17.6. The topological polar surface area (TPSA) is 96.0 Å². The number of sulfonamides is 1. The Morgan fingerprint density at radius 3 is 2.43 bits per heavy atom. The minimum Gasteiger partial charge on any atom is -0.497 e. The number of amides is 2. The third kappa shape index (κ3) is 8.18. The Morgan fingerprint density at radius 1 is 1.14 bits per heavy atom. The van der Waals surface area contributed by atoms with E-state index in [-0.39, 0.29) is 49.6 Å². The lowest BCUT2D eigenvalue weighted by molar-refractivity contribution is -0.141. The van der Waals surface area contributed by atoms with Crippen LogP contribution in [0, 0.1) is 5.82 Å². The number of ether oxygens (including phenoxy) is 1. The first kappa shape index (κ1) is 28.4. The van der Waals surface area contributed by atoms with Crippen LogP contribution in [0.1, 0.15) is 51.0 Å². The van der Waals surface area contributed by atoms with Crippen LogP contribution in [-0.4, -0.2) is 57.1 Å². The Labute approximate surface area is 218 Å². The molecule has 1 N–H and O–H groups in total. The van der Waals surface area contributed by atoms with Gasteiger partial charge in [0.2, 0.25) is 21.8 Å². The van der Waals surface area contributed by atoms with E-state index < -0.39 is 16.1 Å². The van der Waals surface area contributed by atoms with E-state index in [1.807, 2.05) is 0 Å². The molecule has 0 heterocycles. The molecule has 10 heteroatoms. The number of carbonyl (C=O) groups excluding carboxylic acids is 2. The molecular formula is C27H36FN3O5S. The van der Waals surface area contributed by atoms with Crippen molar-refractivity contribution in [2.45, 2.75) is 64.1 Å². The average molecular weight is 534 g/mol. The number of methoxy groups -OCH3 is 1. The molecule has 0 saturated heterocycles. The number of hydrogen-bond acceptors (Lipinski definition) is 5. The molecule has 0 radical (unpaired) electrons. The smallest absolute Gasteiger partial charge is 0.242 e. The Kier molecular flexibility index (Phi) is 9.91. The van der Waals surface area contributed by atoms with Crippen LogP contribution in [0.15, 0.2) is 48.5 Å². The van der Waals surface area contributed by atoms with Crippen LogP contribution in [0.25, 0.3) is 0 Å². The first-order valence-electron chi connectivity index (χ1n) is 12.5. The molecule has 2 amide bonds. The molecule has 1 aliphatic carbocycles. The monoisotopic (exact) mass is 533 g/mol. The Balaban J connectivity index is 1.71. The van der Waals surface area contributed by atoms with Crippen LogP contribution in [0.4, 0.5) is 10.1 Å². The van der Waals surface area contributed by atoms with Gasteiger partial charge in [0, 0.05) is 31.6 Å². The van der Waals surface area contributed by atoms with Crippen molar-refractivity contribution in [3.05, 3.63) is 59.9 Å². The van der Waals surface area contributed by atoms with Crippen LogP contribution >= 0.6 is 0 Å². The maximum atomic E-state index is 13.4. The second kappa shape index (κ2) is 12.9. The molecule has 8 nitrogen and oxygen atoms in total. The Morgan fingerprint density at radius 2 is 1.81 bits per heavy atom. The van der Waals surface area contributed by atoms with E-state index in [0.717, 1.165) is 31.9 Å². The van der Waals surface area contributed by atoms with Crippen molar-refractivity contribution in [1.29, 1.82) is 0 Å². The lowest BCUT2D eigenvalue weighted by atomic mass is 10.1. The molecule has 0 aliphatic heterocycles. The highest BCUT2D eigenvalue weighted by Crippen LogP contribution is 2.24. The summed E-state index contributed by atoms with van der Waals surface area (Å²) in [5.41, 5.74) is 1.14. The van der Waals surface area contributed by atoms with Crippen molar-refractivity contribution < 1.29 is 27.1 Å². The molecule has 0 aromatic heterocycles. The second-order valence-electron chi connectivity index (χ2n) is 9.45. The standard InChI is InChI=1S/C27H36FN3O5S/c1-20(27(33)29-23-8-4-5-9-23)30(19-21-13-15-22(28)16-14-21)26(32)12-7-17-31(37(3,34)35)24-10-6-11-25(18-24)36-2/h6,10-11,13-16,18,20,23H,4-5,7-9,12,17,19H2,1-3H3,(H,29,33)/t20-/m1/s1. The van der Waals surface area contributed by atoms with E-state index in [1.165, 1.54) is 28.4 Å². The fourth-order valence-corrected chi connectivity index (χ4v) is 5.49. The summed E-state index contributed by atoms with van der Waals surface area (Å²) >= 11 is 0. The van der Waals surface area contributed by atoms with E-state index in [9.17, 15) is 22.4 Å². The number of nitrogens with zero attached hydrogens (tertiary/aromatic N) is 2. The van der Waals surface area contributed by atoms with Gasteiger partial charge in [-0.25, -0.2) is 12.8 Å². The van der Waals surface area contributed by atoms with E-state index in [1.54, 1.807) is 43.3 Å². The van der Waals surface area contributed by atoms with Gasteiger partial charge in [0.15, 0.2) is 0 Å². The molecular weight excluding hydrogens is 497 g/mol. The Hall–Kier alpha value is -3.14. The highest BCUT2D eigenvalue weighted by Gasteiger charge is 2.28. The third-order valence-corrected chi connectivity index (χ3v) is 7.82. The van der Waals surface area contributed by atoms with Gasteiger partial charge in [0.1, 0.15) is 17.6 Å². The summed E-state index contributed by atoms with van der Waals surface area (Å²) in [5, 5.41) is 3.04. The van der Waals surface area contributed by atoms with Gasteiger partial charge in [0.05, 0.1) is 19.1 Å². The summed E-state index contributed by atoms with van der Waals surface area (Å²) in [6.45, 7) is 1.92. The minimum atomic E-state index is -3.60. The van der Waals surface area contributed by atoms with Crippen LogP contribution in [0.3, 0.4) is 0 Å². The number of halogens is 1. The zero-order valence-corrected chi connectivity index (χ0v) is 22.5. The van der Waals surface area contributed by atoms with E-state index in [2.05, 4.69) is 5.32 Å². The predicted octanol–water partition coefficient (Wildman–Crippen LogP) is 3.86. The van der Waals surface area contributed by atoms with Gasteiger partial charge in [-0.1, -0.05) is 31.0 Å². The molecule has 202 valence electrons. The lowest BCUT2D eigenvalue weighted by Gasteiger charge is -2.30. The number of nitrogens with one attached hydrogen (secondary N) is 1. The predicted molar refractivity (Wildman–Crippen MR) is 141 cm³/mol. The maximum absolute atomic E-state index is 13.4. The maximum Gasteiger partial charge on any atom is 0.242 e. The summed E-state index contributed by atoms with van der Waals surface area (Å²) in [4.78, 5) is 27.8. The molecule has 1 aliphatic rings. The van der Waals surface area contributed by atoms with E-state index in [0.29, 0.717) is 17.0 Å². The highest BCUT2D eigenvalue weighted by molar-refractivity contribution is 7.92. The fraction of sp³-hybridized carbons (Fsp3) is 0.481. The zero-order valence-electron chi connectivity index (χ0n) is 21.7. The number of rotatable bonds is 12. The van der Waals surface area contributed by atoms with Gasteiger partial charge in [0.25, 0.3) is 0 Å². The number of carbonyl (C=O) groups is 2.